The summed E-state index contributed by atoms with van der Waals surface area (Å²) in [6.07, 6.45) is 3.08. The Balaban J connectivity index is 1.66. The van der Waals surface area contributed by atoms with E-state index in [-0.39, 0.29) is 12.5 Å². The van der Waals surface area contributed by atoms with Gasteiger partial charge in [0.15, 0.2) is 5.82 Å². The van der Waals surface area contributed by atoms with E-state index >= 15 is 0 Å². The van der Waals surface area contributed by atoms with Gasteiger partial charge in [-0.3, -0.25) is 14.6 Å². The third-order valence-electron chi connectivity index (χ3n) is 5.03. The van der Waals surface area contributed by atoms with Gasteiger partial charge in [-0.25, -0.2) is 18.1 Å². The van der Waals surface area contributed by atoms with E-state index in [9.17, 15) is 13.2 Å². The second kappa shape index (κ2) is 8.00. The summed E-state index contributed by atoms with van der Waals surface area (Å²) in [5.74, 6) is 0.813. The summed E-state index contributed by atoms with van der Waals surface area (Å²) < 4.78 is 27.7. The number of hydrogen-bond donors (Lipinski definition) is 2. The van der Waals surface area contributed by atoms with Crippen molar-refractivity contribution in [3.8, 4) is 11.4 Å². The van der Waals surface area contributed by atoms with Crippen LogP contribution >= 0.6 is 0 Å². The number of benzene rings is 1. The zero-order valence-corrected chi connectivity index (χ0v) is 17.5. The molecule has 0 bridgehead atoms. The topological polar surface area (TPSA) is 126 Å². The van der Waals surface area contributed by atoms with E-state index in [1.165, 1.54) is 0 Å². The third kappa shape index (κ3) is 4.12. The molecule has 1 aliphatic heterocycles. The maximum Gasteiger partial charge on any atom is 0.272 e. The van der Waals surface area contributed by atoms with Crippen LogP contribution in [0.4, 0.5) is 0 Å². The SMILES string of the molecule is CCn1nccc1C(=O)N1CC(NS(C)(=O)=O)CC1c1nc(-c2ccccc2)n[nH]1. The van der Waals surface area contributed by atoms with Crippen molar-refractivity contribution in [3.63, 3.8) is 0 Å². The molecule has 1 aromatic carbocycles. The van der Waals surface area contributed by atoms with Crippen LogP contribution in [0.5, 0.6) is 0 Å². The number of nitrogens with zero attached hydrogens (tertiary/aromatic N) is 5. The predicted molar refractivity (Wildman–Crippen MR) is 110 cm³/mol. The van der Waals surface area contributed by atoms with Crippen LogP contribution < -0.4 is 4.72 Å². The van der Waals surface area contributed by atoms with E-state index < -0.39 is 22.1 Å². The van der Waals surface area contributed by atoms with Crippen molar-refractivity contribution < 1.29 is 13.2 Å². The first-order valence-corrected chi connectivity index (χ1v) is 11.5. The lowest BCUT2D eigenvalue weighted by Gasteiger charge is -2.23. The number of sulfonamides is 1. The number of aryl methyl sites for hydroxylation is 1. The van der Waals surface area contributed by atoms with Crippen molar-refractivity contribution in [2.24, 2.45) is 0 Å². The van der Waals surface area contributed by atoms with Crippen molar-refractivity contribution in [2.75, 3.05) is 12.8 Å². The first-order chi connectivity index (χ1) is 14.4. The highest BCUT2D eigenvalue weighted by atomic mass is 32.2. The first-order valence-electron chi connectivity index (χ1n) is 9.63. The number of aromatic nitrogens is 5. The average Bonchev–Trinajstić information content (AvgIpc) is 3.45. The molecule has 1 amide bonds. The lowest BCUT2D eigenvalue weighted by Crippen LogP contribution is -2.38. The molecule has 2 N–H and O–H groups in total. The molecule has 2 unspecified atom stereocenters. The summed E-state index contributed by atoms with van der Waals surface area (Å²) >= 11 is 0. The number of amides is 1. The molecular formula is C19H23N7O3S. The van der Waals surface area contributed by atoms with Gasteiger partial charge in [0.2, 0.25) is 10.0 Å². The van der Waals surface area contributed by atoms with Crippen LogP contribution in [0.1, 0.15) is 35.7 Å². The van der Waals surface area contributed by atoms with E-state index in [0.717, 1.165) is 11.8 Å². The summed E-state index contributed by atoms with van der Waals surface area (Å²) in [6.45, 7) is 2.69. The lowest BCUT2D eigenvalue weighted by atomic mass is 10.1. The van der Waals surface area contributed by atoms with Crippen molar-refractivity contribution in [1.29, 1.82) is 0 Å². The normalized spacial score (nSPS) is 19.3. The number of nitrogens with one attached hydrogen (secondary N) is 2. The van der Waals surface area contributed by atoms with Crippen LogP contribution in [-0.4, -0.2) is 63.0 Å². The van der Waals surface area contributed by atoms with Gasteiger partial charge in [-0.05, 0) is 19.4 Å². The van der Waals surface area contributed by atoms with Crippen LogP contribution in [0.15, 0.2) is 42.6 Å². The summed E-state index contributed by atoms with van der Waals surface area (Å²) in [5, 5.41) is 11.4. The first kappa shape index (κ1) is 20.2. The highest BCUT2D eigenvalue weighted by Crippen LogP contribution is 2.32. The van der Waals surface area contributed by atoms with Crippen LogP contribution in [0.25, 0.3) is 11.4 Å². The minimum atomic E-state index is -3.42. The van der Waals surface area contributed by atoms with Crippen molar-refractivity contribution in [2.45, 2.75) is 32.0 Å². The van der Waals surface area contributed by atoms with Crippen LogP contribution in [0.3, 0.4) is 0 Å². The van der Waals surface area contributed by atoms with Gasteiger partial charge in [0, 0.05) is 30.9 Å². The number of carbonyl (C=O) groups is 1. The van der Waals surface area contributed by atoms with E-state index in [1.54, 1.807) is 21.8 Å². The Morgan fingerprint density at radius 3 is 2.73 bits per heavy atom. The molecule has 0 radical (unpaired) electrons. The molecule has 0 spiro atoms. The number of aromatic amines is 1. The molecule has 4 rings (SSSR count). The maximum absolute atomic E-state index is 13.3. The van der Waals surface area contributed by atoms with Gasteiger partial charge < -0.3 is 4.90 Å². The fraction of sp³-hybridized carbons (Fsp3) is 0.368. The molecule has 2 atom stereocenters. The van der Waals surface area contributed by atoms with E-state index in [2.05, 4.69) is 25.0 Å². The Morgan fingerprint density at radius 2 is 2.03 bits per heavy atom. The van der Waals surface area contributed by atoms with Gasteiger partial charge in [-0.1, -0.05) is 30.3 Å². The molecule has 3 aromatic rings. The lowest BCUT2D eigenvalue weighted by molar-refractivity contribution is 0.0715. The number of likely N-dealkylation sites (tertiary alicyclic amines) is 1. The molecular weight excluding hydrogens is 406 g/mol. The Hall–Kier alpha value is -3.05. The standard InChI is InChI=1S/C19H23N7O3S/c1-3-26-15(9-10-20-26)19(27)25-12-14(24-30(2,28)29)11-16(25)18-21-17(22-23-18)13-7-5-4-6-8-13/h4-10,14,16,24H,3,11-12H2,1-2H3,(H,21,22,23). The number of rotatable bonds is 6. The van der Waals surface area contributed by atoms with Gasteiger partial charge in [0.05, 0.1) is 12.3 Å². The molecule has 0 saturated carbocycles. The van der Waals surface area contributed by atoms with Gasteiger partial charge >= 0.3 is 0 Å². The average molecular weight is 430 g/mol. The highest BCUT2D eigenvalue weighted by molar-refractivity contribution is 7.88. The van der Waals surface area contributed by atoms with E-state index in [1.807, 2.05) is 37.3 Å². The highest BCUT2D eigenvalue weighted by Gasteiger charge is 2.40. The number of H-pyrrole nitrogens is 1. The van der Waals surface area contributed by atoms with Crippen LogP contribution in [0.2, 0.25) is 0 Å². The monoisotopic (exact) mass is 429 g/mol. The van der Waals surface area contributed by atoms with Gasteiger partial charge in [0.1, 0.15) is 11.5 Å². The summed E-state index contributed by atoms with van der Waals surface area (Å²) in [5.41, 5.74) is 1.30. The van der Waals surface area contributed by atoms with Gasteiger partial charge in [-0.15, -0.1) is 0 Å². The molecule has 10 nitrogen and oxygen atoms in total. The molecule has 1 aliphatic rings. The Bertz CT molecular complexity index is 1140. The minimum Gasteiger partial charge on any atom is -0.325 e. The molecule has 158 valence electrons. The Kier molecular flexibility index (Phi) is 5.39. The summed E-state index contributed by atoms with van der Waals surface area (Å²) in [7, 11) is -3.42. The third-order valence-corrected chi connectivity index (χ3v) is 5.79. The van der Waals surface area contributed by atoms with Crippen molar-refractivity contribution >= 4 is 15.9 Å². The Labute approximate surface area is 174 Å². The van der Waals surface area contributed by atoms with Crippen molar-refractivity contribution in [1.82, 2.24) is 34.6 Å². The van der Waals surface area contributed by atoms with Crippen LogP contribution in [-0.2, 0) is 16.6 Å². The zero-order valence-electron chi connectivity index (χ0n) is 16.7. The second-order valence-corrected chi connectivity index (χ2v) is 9.02. The minimum absolute atomic E-state index is 0.227. The zero-order chi connectivity index (χ0) is 21.3. The second-order valence-electron chi connectivity index (χ2n) is 7.24. The van der Waals surface area contributed by atoms with E-state index in [4.69, 9.17) is 0 Å². The molecule has 1 fully saturated rings. The fourth-order valence-electron chi connectivity index (χ4n) is 3.76. The summed E-state index contributed by atoms with van der Waals surface area (Å²) in [6, 6.07) is 10.3. The summed E-state index contributed by atoms with van der Waals surface area (Å²) in [4.78, 5) is 19.5. The quantitative estimate of drug-likeness (QED) is 0.606. The predicted octanol–water partition coefficient (Wildman–Crippen LogP) is 1.19. The van der Waals surface area contributed by atoms with E-state index in [0.29, 0.717) is 30.3 Å². The molecule has 3 heterocycles. The van der Waals surface area contributed by atoms with Crippen molar-refractivity contribution in [3.05, 3.63) is 54.1 Å². The molecule has 1 saturated heterocycles. The number of carbonyl (C=O) groups excluding carboxylic acids is 1. The molecule has 0 aliphatic carbocycles. The molecule has 30 heavy (non-hydrogen) atoms. The van der Waals surface area contributed by atoms with Gasteiger partial charge in [-0.2, -0.15) is 10.2 Å². The molecule has 11 heteroatoms. The smallest absolute Gasteiger partial charge is 0.272 e. The Morgan fingerprint density at radius 1 is 1.27 bits per heavy atom. The number of hydrogen-bond acceptors (Lipinski definition) is 6. The largest absolute Gasteiger partial charge is 0.325 e. The van der Waals surface area contributed by atoms with Crippen LogP contribution in [0, 0.1) is 0 Å². The fourth-order valence-corrected chi connectivity index (χ4v) is 4.54. The van der Waals surface area contributed by atoms with Gasteiger partial charge in [0.25, 0.3) is 5.91 Å². The maximum atomic E-state index is 13.3. The molecule has 2 aromatic heterocycles.